The summed E-state index contributed by atoms with van der Waals surface area (Å²) in [6.45, 7) is 4.75. The fourth-order valence-electron chi connectivity index (χ4n) is 3.86. The largest absolute Gasteiger partial charge is 0.486 e. The standard InChI is InChI=1S/C24H27FN2O3/c1-16-12-21(22-14-20(28-3)8-11-29-22)24(25)23(13-16)30-15-18-4-6-19(7-5-18)27-10-9-26-17(27)2/h4-7,9-10,12-13,20,22H,8,11,14-15H2,1-3H3. The second-order valence-corrected chi connectivity index (χ2v) is 7.71. The van der Waals surface area contributed by atoms with Crippen LogP contribution in [0.3, 0.4) is 0 Å². The van der Waals surface area contributed by atoms with Crippen LogP contribution in [0.4, 0.5) is 4.39 Å². The Morgan fingerprint density at radius 3 is 2.70 bits per heavy atom. The fraction of sp³-hybridized carbons (Fsp3) is 0.375. The highest BCUT2D eigenvalue weighted by atomic mass is 19.1. The van der Waals surface area contributed by atoms with Crippen LogP contribution in [0.1, 0.15) is 41.5 Å². The van der Waals surface area contributed by atoms with Gasteiger partial charge in [0.15, 0.2) is 11.6 Å². The van der Waals surface area contributed by atoms with Gasteiger partial charge in [0, 0.05) is 43.8 Å². The van der Waals surface area contributed by atoms with E-state index in [2.05, 4.69) is 4.98 Å². The highest BCUT2D eigenvalue weighted by Gasteiger charge is 2.27. The highest BCUT2D eigenvalue weighted by molar-refractivity contribution is 5.39. The maximum Gasteiger partial charge on any atom is 0.170 e. The normalized spacial score (nSPS) is 19.1. The molecule has 0 aliphatic carbocycles. The molecule has 0 saturated carbocycles. The maximum absolute atomic E-state index is 15.2. The van der Waals surface area contributed by atoms with Crippen LogP contribution in [0, 0.1) is 19.7 Å². The van der Waals surface area contributed by atoms with Crippen LogP contribution in [0.5, 0.6) is 5.75 Å². The Balaban J connectivity index is 1.48. The minimum absolute atomic E-state index is 0.0886. The van der Waals surface area contributed by atoms with Gasteiger partial charge in [0.05, 0.1) is 12.2 Å². The molecule has 2 unspecified atom stereocenters. The maximum atomic E-state index is 15.2. The minimum atomic E-state index is -0.354. The van der Waals surface area contributed by atoms with Gasteiger partial charge in [-0.25, -0.2) is 9.37 Å². The van der Waals surface area contributed by atoms with Crippen molar-refractivity contribution < 1.29 is 18.6 Å². The highest BCUT2D eigenvalue weighted by Crippen LogP contribution is 2.35. The molecule has 2 heterocycles. The first kappa shape index (κ1) is 20.6. The zero-order valence-electron chi connectivity index (χ0n) is 17.6. The molecule has 0 amide bonds. The van der Waals surface area contributed by atoms with Crippen molar-refractivity contribution in [3.8, 4) is 11.4 Å². The summed E-state index contributed by atoms with van der Waals surface area (Å²) >= 11 is 0. The molecule has 0 radical (unpaired) electrons. The van der Waals surface area contributed by atoms with E-state index >= 15 is 4.39 Å². The van der Waals surface area contributed by atoms with Crippen molar-refractivity contribution in [1.82, 2.24) is 9.55 Å². The lowest BCUT2D eigenvalue weighted by Crippen LogP contribution is -2.26. The number of ether oxygens (including phenoxy) is 3. The molecule has 3 aromatic rings. The summed E-state index contributed by atoms with van der Waals surface area (Å²) in [4.78, 5) is 4.24. The summed E-state index contributed by atoms with van der Waals surface area (Å²) in [5.41, 5.74) is 3.47. The molecule has 0 spiro atoms. The van der Waals surface area contributed by atoms with Crippen LogP contribution >= 0.6 is 0 Å². The number of aryl methyl sites for hydroxylation is 2. The first-order valence-electron chi connectivity index (χ1n) is 10.2. The zero-order valence-corrected chi connectivity index (χ0v) is 17.6. The van der Waals surface area contributed by atoms with Crippen molar-refractivity contribution in [3.63, 3.8) is 0 Å². The van der Waals surface area contributed by atoms with E-state index in [1.54, 1.807) is 19.4 Å². The molecule has 0 N–H and O–H groups in total. The molecular formula is C24H27FN2O3. The molecule has 1 aromatic heterocycles. The number of rotatable bonds is 6. The summed E-state index contributed by atoms with van der Waals surface area (Å²) in [6.07, 6.45) is 4.94. The number of imidazole rings is 1. The lowest BCUT2D eigenvalue weighted by Gasteiger charge is -2.29. The molecule has 1 aliphatic rings. The van der Waals surface area contributed by atoms with E-state index in [1.165, 1.54) is 0 Å². The first-order chi connectivity index (χ1) is 14.5. The smallest absolute Gasteiger partial charge is 0.170 e. The van der Waals surface area contributed by atoms with Crippen molar-refractivity contribution in [1.29, 1.82) is 0 Å². The van der Waals surface area contributed by atoms with Crippen molar-refractivity contribution in [2.45, 2.75) is 45.5 Å². The van der Waals surface area contributed by atoms with Crippen LogP contribution in [-0.2, 0) is 16.1 Å². The summed E-state index contributed by atoms with van der Waals surface area (Å²) < 4.78 is 34.4. The van der Waals surface area contributed by atoms with Gasteiger partial charge in [-0.05, 0) is 49.6 Å². The molecule has 5 nitrogen and oxygen atoms in total. The second-order valence-electron chi connectivity index (χ2n) is 7.71. The first-order valence-corrected chi connectivity index (χ1v) is 10.2. The molecule has 6 heteroatoms. The van der Waals surface area contributed by atoms with Gasteiger partial charge in [0.25, 0.3) is 0 Å². The fourth-order valence-corrected chi connectivity index (χ4v) is 3.86. The Morgan fingerprint density at radius 2 is 2.00 bits per heavy atom. The van der Waals surface area contributed by atoms with Gasteiger partial charge in [-0.3, -0.25) is 0 Å². The van der Waals surface area contributed by atoms with E-state index < -0.39 is 0 Å². The third-order valence-electron chi connectivity index (χ3n) is 5.56. The number of benzene rings is 2. The molecule has 158 valence electrons. The summed E-state index contributed by atoms with van der Waals surface area (Å²) in [6, 6.07) is 11.6. The van der Waals surface area contributed by atoms with Crippen LogP contribution in [0.2, 0.25) is 0 Å². The minimum Gasteiger partial charge on any atom is -0.486 e. The van der Waals surface area contributed by atoms with Gasteiger partial charge in [0.1, 0.15) is 12.4 Å². The van der Waals surface area contributed by atoms with E-state index in [4.69, 9.17) is 14.2 Å². The van der Waals surface area contributed by atoms with Crippen LogP contribution < -0.4 is 4.74 Å². The third-order valence-corrected chi connectivity index (χ3v) is 5.56. The van der Waals surface area contributed by atoms with Crippen molar-refractivity contribution >= 4 is 0 Å². The topological polar surface area (TPSA) is 45.5 Å². The Hall–Kier alpha value is -2.70. The Morgan fingerprint density at radius 1 is 1.20 bits per heavy atom. The number of hydrogen-bond acceptors (Lipinski definition) is 4. The number of hydrogen-bond donors (Lipinski definition) is 0. The molecule has 2 aromatic carbocycles. The lowest BCUT2D eigenvalue weighted by atomic mass is 9.97. The number of methoxy groups -OCH3 is 1. The predicted molar refractivity (Wildman–Crippen MR) is 112 cm³/mol. The molecule has 1 aliphatic heterocycles. The summed E-state index contributed by atoms with van der Waals surface area (Å²) in [7, 11) is 1.69. The van der Waals surface area contributed by atoms with Crippen molar-refractivity contribution in [2.75, 3.05) is 13.7 Å². The van der Waals surface area contributed by atoms with Crippen LogP contribution in [0.15, 0.2) is 48.8 Å². The quantitative estimate of drug-likeness (QED) is 0.569. The van der Waals surface area contributed by atoms with Gasteiger partial charge >= 0.3 is 0 Å². The van der Waals surface area contributed by atoms with Gasteiger partial charge in [-0.2, -0.15) is 0 Å². The number of aromatic nitrogens is 2. The Labute approximate surface area is 176 Å². The molecule has 0 bridgehead atoms. The predicted octanol–water partition coefficient (Wildman–Crippen LogP) is 5.07. The van der Waals surface area contributed by atoms with Crippen molar-refractivity contribution in [2.24, 2.45) is 0 Å². The molecule has 1 saturated heterocycles. The second kappa shape index (κ2) is 8.98. The van der Waals surface area contributed by atoms with Gasteiger partial charge < -0.3 is 18.8 Å². The van der Waals surface area contributed by atoms with Gasteiger partial charge in [-0.1, -0.05) is 18.2 Å². The van der Waals surface area contributed by atoms with Gasteiger partial charge in [0.2, 0.25) is 0 Å². The van der Waals surface area contributed by atoms with Crippen LogP contribution in [0.25, 0.3) is 5.69 Å². The van der Waals surface area contributed by atoms with E-state index in [0.717, 1.165) is 29.1 Å². The van der Waals surface area contributed by atoms with E-state index in [1.807, 2.05) is 54.9 Å². The van der Waals surface area contributed by atoms with Crippen molar-refractivity contribution in [3.05, 3.63) is 77.1 Å². The lowest BCUT2D eigenvalue weighted by molar-refractivity contribution is -0.0612. The molecule has 4 rings (SSSR count). The van der Waals surface area contributed by atoms with E-state index in [0.29, 0.717) is 18.6 Å². The SMILES string of the molecule is COC1CCOC(c2cc(C)cc(OCc3ccc(-n4ccnc4C)cc3)c2F)C1. The number of nitrogens with zero attached hydrogens (tertiary/aromatic N) is 2. The van der Waals surface area contributed by atoms with Crippen LogP contribution in [-0.4, -0.2) is 29.4 Å². The Bertz CT molecular complexity index is 1000. The summed E-state index contributed by atoms with van der Waals surface area (Å²) in [5.74, 6) is 0.824. The average molecular weight is 410 g/mol. The summed E-state index contributed by atoms with van der Waals surface area (Å²) in [5, 5.41) is 0. The van der Waals surface area contributed by atoms with E-state index in [-0.39, 0.29) is 30.4 Å². The third kappa shape index (κ3) is 4.40. The molecule has 1 fully saturated rings. The molecule has 2 atom stereocenters. The Kier molecular flexibility index (Phi) is 6.16. The average Bonchev–Trinajstić information content (AvgIpc) is 3.20. The molecular weight excluding hydrogens is 383 g/mol. The van der Waals surface area contributed by atoms with Gasteiger partial charge in [-0.15, -0.1) is 0 Å². The zero-order chi connectivity index (χ0) is 21.1. The molecule has 30 heavy (non-hydrogen) atoms. The monoisotopic (exact) mass is 410 g/mol. The number of halogens is 1. The van der Waals surface area contributed by atoms with E-state index in [9.17, 15) is 0 Å².